The van der Waals surface area contributed by atoms with Crippen molar-refractivity contribution < 1.29 is 4.79 Å². The Morgan fingerprint density at radius 1 is 1.10 bits per heavy atom. The number of carbonyl (C=O) groups excluding carboxylic acids is 1. The maximum absolute atomic E-state index is 12.8. The van der Waals surface area contributed by atoms with Crippen molar-refractivity contribution >= 4 is 38.6 Å². The summed E-state index contributed by atoms with van der Waals surface area (Å²) in [4.78, 5) is 29.9. The molecule has 2 aromatic carbocycles. The molecule has 158 valence electrons. The predicted molar refractivity (Wildman–Crippen MR) is 125 cm³/mol. The quantitative estimate of drug-likeness (QED) is 0.473. The van der Waals surface area contributed by atoms with E-state index < -0.39 is 0 Å². The number of para-hydroxylation sites is 1. The van der Waals surface area contributed by atoms with Gasteiger partial charge in [0.05, 0.1) is 28.6 Å². The molecule has 2 heterocycles. The molecule has 31 heavy (non-hydrogen) atoms. The minimum atomic E-state index is -0.337. The number of benzene rings is 2. The zero-order valence-electron chi connectivity index (χ0n) is 17.5. The second-order valence-corrected chi connectivity index (χ2v) is 9.22. The van der Waals surface area contributed by atoms with Gasteiger partial charge in [0.25, 0.3) is 5.56 Å². The number of anilines is 1. The smallest absolute Gasteiger partial charge is 0.261 e. The fourth-order valence-corrected chi connectivity index (χ4v) is 3.54. The monoisotopic (exact) mass is 479 g/mol. The first-order valence-corrected chi connectivity index (χ1v) is 10.6. The number of fused-ring (bicyclic) bond motifs is 1. The highest BCUT2D eigenvalue weighted by Gasteiger charge is 2.21. The zero-order chi connectivity index (χ0) is 22.2. The summed E-state index contributed by atoms with van der Waals surface area (Å²) in [5, 5.41) is 8.05. The first kappa shape index (κ1) is 21.0. The topological polar surface area (TPSA) is 81.8 Å². The standard InChI is InChI=1S/C23H22BrN5O2/c1-23(2,3)19-12-20(29(27-19)16-7-5-4-6-8-16)26-21(30)13-28-14-25-18-10-9-15(24)11-17(18)22(28)31/h4-12,14H,13H2,1-3H3,(H,26,30). The molecule has 0 fully saturated rings. The Balaban J connectivity index is 1.65. The van der Waals surface area contributed by atoms with E-state index in [-0.39, 0.29) is 23.4 Å². The molecule has 0 aliphatic heterocycles. The highest BCUT2D eigenvalue weighted by molar-refractivity contribution is 9.10. The molecule has 0 aliphatic rings. The van der Waals surface area contributed by atoms with Gasteiger partial charge in [0.1, 0.15) is 12.4 Å². The van der Waals surface area contributed by atoms with E-state index in [9.17, 15) is 9.59 Å². The van der Waals surface area contributed by atoms with E-state index >= 15 is 0 Å². The van der Waals surface area contributed by atoms with Gasteiger partial charge in [-0.05, 0) is 30.3 Å². The van der Waals surface area contributed by atoms with E-state index in [2.05, 4.69) is 47.0 Å². The Morgan fingerprint density at radius 2 is 1.84 bits per heavy atom. The van der Waals surface area contributed by atoms with E-state index in [1.54, 1.807) is 16.8 Å². The van der Waals surface area contributed by atoms with E-state index in [0.29, 0.717) is 16.7 Å². The summed E-state index contributed by atoms with van der Waals surface area (Å²) < 4.78 is 3.79. The molecule has 4 rings (SSSR count). The lowest BCUT2D eigenvalue weighted by atomic mass is 9.92. The van der Waals surface area contributed by atoms with Crippen LogP contribution in [0.25, 0.3) is 16.6 Å². The summed E-state index contributed by atoms with van der Waals surface area (Å²) in [7, 11) is 0. The number of hydrogen-bond acceptors (Lipinski definition) is 4. The molecule has 0 bridgehead atoms. The van der Waals surface area contributed by atoms with Gasteiger partial charge in [-0.3, -0.25) is 14.2 Å². The van der Waals surface area contributed by atoms with Crippen LogP contribution in [0.4, 0.5) is 5.82 Å². The van der Waals surface area contributed by atoms with E-state index in [1.807, 2.05) is 42.5 Å². The third-order valence-electron chi connectivity index (χ3n) is 4.85. The normalized spacial score (nSPS) is 11.6. The summed E-state index contributed by atoms with van der Waals surface area (Å²) >= 11 is 3.37. The fourth-order valence-electron chi connectivity index (χ4n) is 3.18. The van der Waals surface area contributed by atoms with Crippen LogP contribution in [0, 0.1) is 0 Å². The molecule has 0 radical (unpaired) electrons. The maximum atomic E-state index is 12.8. The van der Waals surface area contributed by atoms with E-state index in [4.69, 9.17) is 5.10 Å². The van der Waals surface area contributed by atoms with Gasteiger partial charge in [0, 0.05) is 16.0 Å². The van der Waals surface area contributed by atoms with Crippen LogP contribution in [0.1, 0.15) is 26.5 Å². The first-order valence-electron chi connectivity index (χ1n) is 9.83. The number of rotatable bonds is 4. The Morgan fingerprint density at radius 3 is 2.55 bits per heavy atom. The average Bonchev–Trinajstić information content (AvgIpc) is 3.15. The van der Waals surface area contributed by atoms with Crippen molar-refractivity contribution in [2.45, 2.75) is 32.7 Å². The Kier molecular flexibility index (Phi) is 5.49. The number of aromatic nitrogens is 4. The van der Waals surface area contributed by atoms with Gasteiger partial charge in [-0.2, -0.15) is 5.10 Å². The highest BCUT2D eigenvalue weighted by Crippen LogP contribution is 2.26. The third-order valence-corrected chi connectivity index (χ3v) is 5.34. The number of nitrogens with one attached hydrogen (secondary N) is 1. The SMILES string of the molecule is CC(C)(C)c1cc(NC(=O)Cn2cnc3ccc(Br)cc3c2=O)n(-c2ccccc2)n1. The molecule has 1 amide bonds. The van der Waals surface area contributed by atoms with Crippen LogP contribution >= 0.6 is 15.9 Å². The molecule has 0 atom stereocenters. The highest BCUT2D eigenvalue weighted by atomic mass is 79.9. The number of halogens is 1. The fraction of sp³-hybridized carbons (Fsp3) is 0.217. The van der Waals surface area contributed by atoms with Gasteiger partial charge in [0.2, 0.25) is 5.91 Å². The van der Waals surface area contributed by atoms with Gasteiger partial charge in [-0.15, -0.1) is 0 Å². The summed E-state index contributed by atoms with van der Waals surface area (Å²) in [5.74, 6) is 0.210. The Labute approximate surface area is 187 Å². The molecule has 0 saturated carbocycles. The van der Waals surface area contributed by atoms with Crippen LogP contribution in [0.3, 0.4) is 0 Å². The molecule has 8 heteroatoms. The van der Waals surface area contributed by atoms with Gasteiger partial charge in [-0.1, -0.05) is 54.9 Å². The first-order chi connectivity index (χ1) is 14.7. The molecule has 7 nitrogen and oxygen atoms in total. The number of nitrogens with zero attached hydrogens (tertiary/aromatic N) is 4. The summed E-state index contributed by atoms with van der Waals surface area (Å²) in [6, 6.07) is 16.8. The van der Waals surface area contributed by atoms with Crippen molar-refractivity contribution in [1.29, 1.82) is 0 Å². The second-order valence-electron chi connectivity index (χ2n) is 8.30. The van der Waals surface area contributed by atoms with Crippen LogP contribution < -0.4 is 10.9 Å². The molecular formula is C23H22BrN5O2. The van der Waals surface area contributed by atoms with Crippen molar-refractivity contribution in [2.24, 2.45) is 0 Å². The lowest BCUT2D eigenvalue weighted by Gasteiger charge is -2.14. The molecule has 0 saturated heterocycles. The van der Waals surface area contributed by atoms with Crippen LogP contribution in [-0.4, -0.2) is 25.2 Å². The minimum absolute atomic E-state index is 0.154. The van der Waals surface area contributed by atoms with Crippen molar-refractivity contribution in [3.8, 4) is 5.69 Å². The molecular weight excluding hydrogens is 458 g/mol. The summed E-state index contributed by atoms with van der Waals surface area (Å²) in [5.41, 5.74) is 1.81. The molecule has 0 aliphatic carbocycles. The predicted octanol–water partition coefficient (Wildman–Crippen LogP) is 4.28. The van der Waals surface area contributed by atoms with E-state index in [1.165, 1.54) is 10.9 Å². The van der Waals surface area contributed by atoms with Gasteiger partial charge in [0.15, 0.2) is 0 Å². The Hall–Kier alpha value is -3.26. The lowest BCUT2D eigenvalue weighted by Crippen LogP contribution is -2.28. The third kappa shape index (κ3) is 4.44. The van der Waals surface area contributed by atoms with Crippen molar-refractivity contribution in [2.75, 3.05) is 5.32 Å². The number of carbonyl (C=O) groups is 1. The van der Waals surface area contributed by atoms with Gasteiger partial charge in [-0.25, -0.2) is 9.67 Å². The van der Waals surface area contributed by atoms with Crippen LogP contribution in [0.2, 0.25) is 0 Å². The Bertz CT molecular complexity index is 1320. The molecule has 0 spiro atoms. The van der Waals surface area contributed by atoms with Crippen LogP contribution in [-0.2, 0) is 16.8 Å². The number of amides is 1. The van der Waals surface area contributed by atoms with Crippen molar-refractivity contribution in [1.82, 2.24) is 19.3 Å². The molecule has 2 aromatic heterocycles. The van der Waals surface area contributed by atoms with Crippen molar-refractivity contribution in [3.05, 3.63) is 81.4 Å². The molecule has 4 aromatic rings. The van der Waals surface area contributed by atoms with Gasteiger partial charge < -0.3 is 5.32 Å². The summed E-state index contributed by atoms with van der Waals surface area (Å²) in [6.07, 6.45) is 1.40. The average molecular weight is 480 g/mol. The van der Waals surface area contributed by atoms with E-state index in [0.717, 1.165) is 15.9 Å². The van der Waals surface area contributed by atoms with Crippen molar-refractivity contribution in [3.63, 3.8) is 0 Å². The minimum Gasteiger partial charge on any atom is -0.309 e. The van der Waals surface area contributed by atoms with Gasteiger partial charge >= 0.3 is 0 Å². The van der Waals surface area contributed by atoms with Crippen LogP contribution in [0.15, 0.2) is 70.2 Å². The molecule has 0 unspecified atom stereocenters. The second kappa shape index (κ2) is 8.11. The number of hydrogen-bond donors (Lipinski definition) is 1. The summed E-state index contributed by atoms with van der Waals surface area (Å²) in [6.45, 7) is 6.04. The maximum Gasteiger partial charge on any atom is 0.261 e. The van der Waals surface area contributed by atoms with Crippen LogP contribution in [0.5, 0.6) is 0 Å². The molecule has 1 N–H and O–H groups in total. The zero-order valence-corrected chi connectivity index (χ0v) is 19.0. The largest absolute Gasteiger partial charge is 0.309 e. The lowest BCUT2D eigenvalue weighted by molar-refractivity contribution is -0.116.